The third-order valence-corrected chi connectivity index (χ3v) is 5.61. The molecule has 0 bridgehead atoms. The standard InChI is InChI=1S/C20H23N5O6/c21-19-18-20(25(9-22-18)17-5-13(28)16(7-26)31-17)23-8-24(19)6-12(27)3-11-1-2-14-15(4-11)30-10-29-14/h1-2,4,8-9,12-13,16-17,21,26-28H,3,5-7,10H2/t12?,13-,16+,17+/m0/s1. The van der Waals surface area contributed by atoms with E-state index in [-0.39, 0.29) is 25.4 Å². The lowest BCUT2D eigenvalue weighted by molar-refractivity contribution is -0.0432. The van der Waals surface area contributed by atoms with Crippen LogP contribution in [0.2, 0.25) is 0 Å². The van der Waals surface area contributed by atoms with Gasteiger partial charge in [0.1, 0.15) is 17.8 Å². The van der Waals surface area contributed by atoms with Crippen molar-refractivity contribution in [1.29, 1.82) is 5.41 Å². The number of hydrogen-bond donors (Lipinski definition) is 4. The van der Waals surface area contributed by atoms with E-state index in [4.69, 9.17) is 19.6 Å². The van der Waals surface area contributed by atoms with Gasteiger partial charge in [0.25, 0.3) is 0 Å². The SMILES string of the molecule is N=c1c2ncn([C@H]3C[C@H](O)[C@@H](CO)O3)c2ncn1CC(O)Cc1ccc2c(c1)OCO2. The number of rotatable bonds is 6. The molecule has 2 aliphatic rings. The van der Waals surface area contributed by atoms with Gasteiger partial charge in [-0.3, -0.25) is 9.98 Å². The summed E-state index contributed by atoms with van der Waals surface area (Å²) in [5.41, 5.74) is 1.83. The number of aliphatic hydroxyl groups is 3. The van der Waals surface area contributed by atoms with Crippen molar-refractivity contribution in [2.24, 2.45) is 0 Å². The number of nitrogens with zero attached hydrogens (tertiary/aromatic N) is 4. The van der Waals surface area contributed by atoms with Crippen LogP contribution in [-0.2, 0) is 17.7 Å². The molecule has 4 N–H and O–H groups in total. The van der Waals surface area contributed by atoms with Gasteiger partial charge in [-0.25, -0.2) is 9.97 Å². The molecule has 3 aromatic rings. The molecule has 31 heavy (non-hydrogen) atoms. The van der Waals surface area contributed by atoms with Gasteiger partial charge in [-0.15, -0.1) is 0 Å². The lowest BCUT2D eigenvalue weighted by Crippen LogP contribution is -2.28. The molecule has 0 spiro atoms. The largest absolute Gasteiger partial charge is 0.454 e. The Morgan fingerprint density at radius 1 is 1.19 bits per heavy atom. The van der Waals surface area contributed by atoms with Crippen LogP contribution in [0.15, 0.2) is 30.9 Å². The van der Waals surface area contributed by atoms with Crippen LogP contribution in [0.25, 0.3) is 11.2 Å². The molecule has 1 aromatic carbocycles. The highest BCUT2D eigenvalue weighted by Gasteiger charge is 2.35. The topological polar surface area (TPSA) is 148 Å². The van der Waals surface area contributed by atoms with E-state index in [1.54, 1.807) is 4.57 Å². The van der Waals surface area contributed by atoms with E-state index in [2.05, 4.69) is 9.97 Å². The molecule has 4 atom stereocenters. The molecule has 5 rings (SSSR count). The van der Waals surface area contributed by atoms with Crippen LogP contribution >= 0.6 is 0 Å². The summed E-state index contributed by atoms with van der Waals surface area (Å²) in [6, 6.07) is 5.54. The maximum absolute atomic E-state index is 10.6. The summed E-state index contributed by atoms with van der Waals surface area (Å²) in [5, 5.41) is 38.3. The van der Waals surface area contributed by atoms with Crippen LogP contribution in [0, 0.1) is 5.41 Å². The van der Waals surface area contributed by atoms with Gasteiger partial charge in [-0.1, -0.05) is 6.07 Å². The number of ether oxygens (including phenoxy) is 3. The molecule has 2 aromatic heterocycles. The average molecular weight is 429 g/mol. The first-order chi connectivity index (χ1) is 15.0. The number of aromatic nitrogens is 4. The summed E-state index contributed by atoms with van der Waals surface area (Å²) in [6.45, 7) is 0.0974. The molecular formula is C20H23N5O6. The minimum atomic E-state index is -0.775. The van der Waals surface area contributed by atoms with Crippen molar-refractivity contribution in [3.8, 4) is 11.5 Å². The monoisotopic (exact) mass is 429 g/mol. The molecule has 1 unspecified atom stereocenters. The van der Waals surface area contributed by atoms with Crippen molar-refractivity contribution >= 4 is 11.2 Å². The van der Waals surface area contributed by atoms with Gasteiger partial charge in [-0.2, -0.15) is 0 Å². The quantitative estimate of drug-likeness (QED) is 0.417. The number of benzene rings is 1. The number of fused-ring (bicyclic) bond motifs is 2. The maximum Gasteiger partial charge on any atom is 0.231 e. The predicted molar refractivity (Wildman–Crippen MR) is 105 cm³/mol. The predicted octanol–water partition coefficient (Wildman–Crippen LogP) is -0.315. The van der Waals surface area contributed by atoms with Crippen molar-refractivity contribution in [3.05, 3.63) is 41.9 Å². The van der Waals surface area contributed by atoms with E-state index < -0.39 is 24.5 Å². The van der Waals surface area contributed by atoms with E-state index in [1.165, 1.54) is 17.2 Å². The van der Waals surface area contributed by atoms with Gasteiger partial charge in [0.05, 0.1) is 38.0 Å². The zero-order chi connectivity index (χ0) is 21.5. The van der Waals surface area contributed by atoms with Crippen LogP contribution in [-0.4, -0.2) is 66.1 Å². The van der Waals surface area contributed by atoms with Crippen LogP contribution in [0.4, 0.5) is 0 Å². The molecule has 4 heterocycles. The van der Waals surface area contributed by atoms with Gasteiger partial charge in [0.15, 0.2) is 22.6 Å². The minimum absolute atomic E-state index is 0.116. The average Bonchev–Trinajstić information content (AvgIpc) is 3.47. The Bertz CT molecular complexity index is 1160. The zero-order valence-electron chi connectivity index (χ0n) is 16.6. The lowest BCUT2D eigenvalue weighted by Gasteiger charge is -2.15. The van der Waals surface area contributed by atoms with E-state index in [0.717, 1.165) is 5.56 Å². The first-order valence-electron chi connectivity index (χ1n) is 10.0. The van der Waals surface area contributed by atoms with Gasteiger partial charge in [-0.05, 0) is 17.7 Å². The van der Waals surface area contributed by atoms with Gasteiger partial charge < -0.3 is 34.1 Å². The molecule has 0 aliphatic carbocycles. The smallest absolute Gasteiger partial charge is 0.231 e. The number of nitrogens with one attached hydrogen (secondary N) is 1. The van der Waals surface area contributed by atoms with Crippen LogP contribution in [0.5, 0.6) is 11.5 Å². The van der Waals surface area contributed by atoms with Crippen molar-refractivity contribution in [3.63, 3.8) is 0 Å². The molecule has 2 aliphatic heterocycles. The fourth-order valence-corrected chi connectivity index (χ4v) is 4.00. The second-order valence-corrected chi connectivity index (χ2v) is 7.73. The van der Waals surface area contributed by atoms with Crippen LogP contribution < -0.4 is 15.0 Å². The normalized spacial score (nSPS) is 23.5. The third-order valence-electron chi connectivity index (χ3n) is 5.61. The molecular weight excluding hydrogens is 406 g/mol. The van der Waals surface area contributed by atoms with E-state index in [0.29, 0.717) is 35.5 Å². The lowest BCUT2D eigenvalue weighted by atomic mass is 10.1. The second-order valence-electron chi connectivity index (χ2n) is 7.73. The minimum Gasteiger partial charge on any atom is -0.454 e. The number of imidazole rings is 1. The number of aliphatic hydroxyl groups excluding tert-OH is 3. The van der Waals surface area contributed by atoms with Crippen LogP contribution in [0.3, 0.4) is 0 Å². The fourth-order valence-electron chi connectivity index (χ4n) is 4.00. The van der Waals surface area contributed by atoms with Gasteiger partial charge in [0, 0.05) is 12.8 Å². The Labute approximate surface area is 176 Å². The molecule has 1 saturated heterocycles. The van der Waals surface area contributed by atoms with Crippen molar-refractivity contribution in [2.75, 3.05) is 13.4 Å². The Morgan fingerprint density at radius 2 is 2.03 bits per heavy atom. The fraction of sp³-hybridized carbons (Fsp3) is 0.450. The Morgan fingerprint density at radius 3 is 2.84 bits per heavy atom. The molecule has 11 heteroatoms. The van der Waals surface area contributed by atoms with Crippen molar-refractivity contribution < 1.29 is 29.5 Å². The van der Waals surface area contributed by atoms with Crippen LogP contribution in [0.1, 0.15) is 18.2 Å². The summed E-state index contributed by atoms with van der Waals surface area (Å²) in [4.78, 5) is 8.69. The second kappa shape index (κ2) is 7.93. The first-order valence-corrected chi connectivity index (χ1v) is 10.0. The van der Waals surface area contributed by atoms with E-state index >= 15 is 0 Å². The van der Waals surface area contributed by atoms with E-state index in [9.17, 15) is 15.3 Å². The Balaban J connectivity index is 1.33. The molecule has 1 fully saturated rings. The van der Waals surface area contributed by atoms with E-state index in [1.807, 2.05) is 18.2 Å². The summed E-state index contributed by atoms with van der Waals surface area (Å²) in [6.07, 6.45) is 0.994. The Hall–Kier alpha value is -2.99. The summed E-state index contributed by atoms with van der Waals surface area (Å²) in [5.74, 6) is 1.35. The first kappa shape index (κ1) is 19.9. The van der Waals surface area contributed by atoms with Crippen molar-refractivity contribution in [2.45, 2.75) is 43.9 Å². The molecule has 164 valence electrons. The maximum atomic E-state index is 10.6. The van der Waals surface area contributed by atoms with Gasteiger partial charge >= 0.3 is 0 Å². The molecule has 0 radical (unpaired) electrons. The van der Waals surface area contributed by atoms with Crippen molar-refractivity contribution in [1.82, 2.24) is 19.1 Å². The molecule has 0 amide bonds. The highest BCUT2D eigenvalue weighted by Crippen LogP contribution is 2.33. The summed E-state index contributed by atoms with van der Waals surface area (Å²) >= 11 is 0. The zero-order valence-corrected chi connectivity index (χ0v) is 16.6. The Kier molecular flexibility index (Phi) is 5.10. The van der Waals surface area contributed by atoms with Gasteiger partial charge in [0.2, 0.25) is 6.79 Å². The highest BCUT2D eigenvalue weighted by atomic mass is 16.7. The third kappa shape index (κ3) is 3.65. The summed E-state index contributed by atoms with van der Waals surface area (Å²) in [7, 11) is 0. The molecule has 0 saturated carbocycles. The number of hydrogen-bond acceptors (Lipinski definition) is 9. The summed E-state index contributed by atoms with van der Waals surface area (Å²) < 4.78 is 19.5. The highest BCUT2D eigenvalue weighted by molar-refractivity contribution is 5.68. The molecule has 11 nitrogen and oxygen atoms in total.